The SMILES string of the molecule is C=CN(Cc1ccccc1)CC(C)(C)O. The average Bonchev–Trinajstić information content (AvgIpc) is 2.16. The van der Waals surface area contributed by atoms with Crippen LogP contribution in [-0.4, -0.2) is 22.2 Å². The first-order chi connectivity index (χ1) is 7.01. The van der Waals surface area contributed by atoms with E-state index in [-0.39, 0.29) is 0 Å². The molecule has 0 aliphatic carbocycles. The molecule has 1 N–H and O–H groups in total. The summed E-state index contributed by atoms with van der Waals surface area (Å²) in [5.41, 5.74) is 0.532. The van der Waals surface area contributed by atoms with Gasteiger partial charge < -0.3 is 10.0 Å². The van der Waals surface area contributed by atoms with Crippen LogP contribution in [0.3, 0.4) is 0 Å². The Labute approximate surface area is 91.9 Å². The fourth-order valence-corrected chi connectivity index (χ4v) is 1.50. The molecule has 1 aromatic carbocycles. The molecule has 2 nitrogen and oxygen atoms in total. The summed E-state index contributed by atoms with van der Waals surface area (Å²) < 4.78 is 0. The molecule has 82 valence electrons. The van der Waals surface area contributed by atoms with E-state index in [1.807, 2.05) is 23.1 Å². The minimum Gasteiger partial charge on any atom is -0.389 e. The minimum atomic E-state index is -0.691. The molecule has 0 bridgehead atoms. The minimum absolute atomic E-state index is 0.589. The number of hydrogen-bond donors (Lipinski definition) is 1. The van der Waals surface area contributed by atoms with Gasteiger partial charge in [0.15, 0.2) is 0 Å². The van der Waals surface area contributed by atoms with Crippen LogP contribution >= 0.6 is 0 Å². The van der Waals surface area contributed by atoms with Crippen molar-refractivity contribution < 1.29 is 5.11 Å². The predicted molar refractivity (Wildman–Crippen MR) is 63.3 cm³/mol. The van der Waals surface area contributed by atoms with Crippen molar-refractivity contribution in [1.29, 1.82) is 0 Å². The number of hydrogen-bond acceptors (Lipinski definition) is 2. The second-order valence-corrected chi connectivity index (χ2v) is 4.39. The molecule has 0 amide bonds. The number of nitrogens with zero attached hydrogens (tertiary/aromatic N) is 1. The third-order valence-electron chi connectivity index (χ3n) is 2.08. The van der Waals surface area contributed by atoms with Gasteiger partial charge in [0.1, 0.15) is 0 Å². The first-order valence-corrected chi connectivity index (χ1v) is 5.14. The first kappa shape index (κ1) is 11.8. The highest BCUT2D eigenvalue weighted by Gasteiger charge is 2.15. The van der Waals surface area contributed by atoms with Gasteiger partial charge in [0.05, 0.1) is 5.60 Å². The largest absolute Gasteiger partial charge is 0.389 e. The van der Waals surface area contributed by atoms with Crippen molar-refractivity contribution in [3.05, 3.63) is 48.7 Å². The number of aliphatic hydroxyl groups is 1. The summed E-state index contributed by atoms with van der Waals surface area (Å²) in [7, 11) is 0. The summed E-state index contributed by atoms with van der Waals surface area (Å²) in [6, 6.07) is 10.2. The second kappa shape index (κ2) is 4.99. The maximum atomic E-state index is 9.71. The fraction of sp³-hybridized carbons (Fsp3) is 0.385. The van der Waals surface area contributed by atoms with E-state index in [4.69, 9.17) is 0 Å². The van der Waals surface area contributed by atoms with Crippen LogP contribution in [0.4, 0.5) is 0 Å². The van der Waals surface area contributed by atoms with E-state index in [9.17, 15) is 5.11 Å². The van der Waals surface area contributed by atoms with Crippen molar-refractivity contribution in [2.45, 2.75) is 26.0 Å². The topological polar surface area (TPSA) is 23.5 Å². The van der Waals surface area contributed by atoms with E-state index >= 15 is 0 Å². The fourth-order valence-electron chi connectivity index (χ4n) is 1.50. The van der Waals surface area contributed by atoms with Gasteiger partial charge in [-0.3, -0.25) is 0 Å². The molecule has 0 unspecified atom stereocenters. The zero-order chi connectivity index (χ0) is 11.3. The van der Waals surface area contributed by atoms with Gasteiger partial charge in [0.25, 0.3) is 0 Å². The van der Waals surface area contributed by atoms with Crippen LogP contribution in [0.5, 0.6) is 0 Å². The Kier molecular flexibility index (Phi) is 3.92. The lowest BCUT2D eigenvalue weighted by Crippen LogP contribution is -2.35. The molecule has 0 aliphatic rings. The average molecular weight is 205 g/mol. The van der Waals surface area contributed by atoms with Gasteiger partial charge in [0.2, 0.25) is 0 Å². The van der Waals surface area contributed by atoms with Crippen LogP contribution in [0.2, 0.25) is 0 Å². The molecule has 0 spiro atoms. The van der Waals surface area contributed by atoms with Crippen molar-refractivity contribution in [2.75, 3.05) is 6.54 Å². The third kappa shape index (κ3) is 4.66. The van der Waals surface area contributed by atoms with Crippen molar-refractivity contribution >= 4 is 0 Å². The monoisotopic (exact) mass is 205 g/mol. The number of benzene rings is 1. The van der Waals surface area contributed by atoms with E-state index in [1.54, 1.807) is 20.0 Å². The van der Waals surface area contributed by atoms with Crippen molar-refractivity contribution in [3.63, 3.8) is 0 Å². The van der Waals surface area contributed by atoms with Crippen molar-refractivity contribution in [2.24, 2.45) is 0 Å². The Bertz CT molecular complexity index is 300. The number of rotatable bonds is 5. The van der Waals surface area contributed by atoms with Crippen LogP contribution in [-0.2, 0) is 6.54 Å². The molecule has 2 heteroatoms. The summed E-state index contributed by atoms with van der Waals surface area (Å²) >= 11 is 0. The van der Waals surface area contributed by atoms with Gasteiger partial charge in [-0.15, -0.1) is 0 Å². The quantitative estimate of drug-likeness (QED) is 0.798. The van der Waals surface area contributed by atoms with Gasteiger partial charge in [-0.05, 0) is 25.6 Å². The van der Waals surface area contributed by atoms with Gasteiger partial charge >= 0.3 is 0 Å². The molecule has 0 aliphatic heterocycles. The molecule has 15 heavy (non-hydrogen) atoms. The second-order valence-electron chi connectivity index (χ2n) is 4.39. The van der Waals surface area contributed by atoms with Gasteiger partial charge in [-0.25, -0.2) is 0 Å². The Morgan fingerprint density at radius 3 is 2.40 bits per heavy atom. The van der Waals surface area contributed by atoms with E-state index < -0.39 is 5.60 Å². The van der Waals surface area contributed by atoms with Crippen LogP contribution in [0.15, 0.2) is 43.1 Å². The van der Waals surface area contributed by atoms with E-state index in [0.29, 0.717) is 6.54 Å². The maximum Gasteiger partial charge on any atom is 0.0765 e. The van der Waals surface area contributed by atoms with Crippen molar-refractivity contribution in [3.8, 4) is 0 Å². The predicted octanol–water partition coefficient (Wildman–Crippen LogP) is 2.40. The standard InChI is InChI=1S/C13H19NO/c1-4-14(11-13(2,3)15)10-12-8-6-5-7-9-12/h4-9,15H,1,10-11H2,2-3H3. The normalized spacial score (nSPS) is 11.1. The molecule has 1 aromatic rings. The molecule has 0 radical (unpaired) electrons. The molecule has 0 fully saturated rings. The van der Waals surface area contributed by atoms with Gasteiger partial charge in [-0.2, -0.15) is 0 Å². The highest BCUT2D eigenvalue weighted by atomic mass is 16.3. The van der Waals surface area contributed by atoms with Crippen LogP contribution in [0, 0.1) is 0 Å². The lowest BCUT2D eigenvalue weighted by atomic mass is 10.1. The Morgan fingerprint density at radius 2 is 1.93 bits per heavy atom. The first-order valence-electron chi connectivity index (χ1n) is 5.14. The van der Waals surface area contributed by atoms with Crippen LogP contribution < -0.4 is 0 Å². The van der Waals surface area contributed by atoms with Gasteiger partial charge in [0, 0.05) is 13.1 Å². The zero-order valence-electron chi connectivity index (χ0n) is 9.48. The van der Waals surface area contributed by atoms with E-state index in [1.165, 1.54) is 5.56 Å². The highest BCUT2D eigenvalue weighted by molar-refractivity contribution is 5.14. The van der Waals surface area contributed by atoms with Gasteiger partial charge in [-0.1, -0.05) is 36.9 Å². The lowest BCUT2D eigenvalue weighted by Gasteiger charge is -2.27. The summed E-state index contributed by atoms with van der Waals surface area (Å²) in [6.07, 6.45) is 1.77. The Hall–Kier alpha value is -1.28. The molecular weight excluding hydrogens is 186 g/mol. The zero-order valence-corrected chi connectivity index (χ0v) is 9.48. The summed E-state index contributed by atoms with van der Waals surface area (Å²) in [5, 5.41) is 9.71. The molecule has 0 saturated heterocycles. The molecule has 0 saturated carbocycles. The van der Waals surface area contributed by atoms with Crippen molar-refractivity contribution in [1.82, 2.24) is 4.90 Å². The summed E-state index contributed by atoms with van der Waals surface area (Å²) in [6.45, 7) is 8.73. The van der Waals surface area contributed by atoms with Crippen LogP contribution in [0.1, 0.15) is 19.4 Å². The summed E-state index contributed by atoms with van der Waals surface area (Å²) in [4.78, 5) is 2.01. The lowest BCUT2D eigenvalue weighted by molar-refractivity contribution is 0.0488. The molecule has 0 aromatic heterocycles. The van der Waals surface area contributed by atoms with E-state index in [2.05, 4.69) is 18.7 Å². The smallest absolute Gasteiger partial charge is 0.0765 e. The summed E-state index contributed by atoms with van der Waals surface area (Å²) in [5.74, 6) is 0. The van der Waals surface area contributed by atoms with Crippen LogP contribution in [0.25, 0.3) is 0 Å². The molecule has 0 heterocycles. The Morgan fingerprint density at radius 1 is 1.33 bits per heavy atom. The van der Waals surface area contributed by atoms with E-state index in [0.717, 1.165) is 6.54 Å². The molecular formula is C13H19NO. The molecule has 0 atom stereocenters. The Balaban J connectivity index is 2.59. The maximum absolute atomic E-state index is 9.71. The third-order valence-corrected chi connectivity index (χ3v) is 2.08. The highest BCUT2D eigenvalue weighted by Crippen LogP contribution is 2.09. The molecule has 1 rings (SSSR count).